The zero-order valence-corrected chi connectivity index (χ0v) is 13.5. The van der Waals surface area contributed by atoms with Gasteiger partial charge in [-0.05, 0) is 49.2 Å². The average Bonchev–Trinajstić information content (AvgIpc) is 2.42. The molecule has 0 saturated heterocycles. The maximum atomic E-state index is 12.2. The summed E-state index contributed by atoms with van der Waals surface area (Å²) in [5, 5.41) is 3.19. The minimum atomic E-state index is -0.189. The summed E-state index contributed by atoms with van der Waals surface area (Å²) < 4.78 is 1.01. The predicted octanol–water partition coefficient (Wildman–Crippen LogP) is 4.62. The molecule has 1 amide bonds. The Morgan fingerprint density at radius 2 is 2.10 bits per heavy atom. The molecule has 0 saturated carbocycles. The number of halogens is 2. The first kappa shape index (κ1) is 15.0. The largest absolute Gasteiger partial charge is 0.322 e. The van der Waals surface area contributed by atoms with Crippen molar-refractivity contribution in [1.82, 2.24) is 4.98 Å². The molecule has 0 aliphatic carbocycles. The molecule has 3 nitrogen and oxygen atoms in total. The summed E-state index contributed by atoms with van der Waals surface area (Å²) in [5.41, 5.74) is 3.13. The molecule has 1 heterocycles. The van der Waals surface area contributed by atoms with Gasteiger partial charge in [0.1, 0.15) is 5.15 Å². The number of amides is 1. The number of nitrogens with one attached hydrogen (secondary N) is 1. The molecular weight excluding hydrogens is 340 g/mol. The lowest BCUT2D eigenvalue weighted by Gasteiger charge is -2.08. The van der Waals surface area contributed by atoms with Gasteiger partial charge in [-0.2, -0.15) is 0 Å². The molecule has 0 bridgehead atoms. The molecule has 104 valence electrons. The van der Waals surface area contributed by atoms with Crippen molar-refractivity contribution >= 4 is 39.1 Å². The molecule has 0 atom stereocenters. The number of pyridine rings is 1. The third kappa shape index (κ3) is 3.58. The summed E-state index contributed by atoms with van der Waals surface area (Å²) in [6.07, 6.45) is 0.734. The van der Waals surface area contributed by atoms with Gasteiger partial charge in [0.2, 0.25) is 0 Å². The average molecular weight is 354 g/mol. The molecule has 2 aromatic rings. The maximum Gasteiger partial charge on any atom is 0.255 e. The molecule has 0 unspecified atom stereocenters. The fraction of sp³-hybridized carbons (Fsp3) is 0.200. The topological polar surface area (TPSA) is 42.0 Å². The lowest BCUT2D eigenvalue weighted by atomic mass is 10.1. The smallest absolute Gasteiger partial charge is 0.255 e. The van der Waals surface area contributed by atoms with Gasteiger partial charge in [-0.3, -0.25) is 4.79 Å². The standard InChI is InChI=1S/C15H14BrClN2O/c1-3-11-7-10(8-14(17)18-11)15(20)19-12-4-5-13(16)9(2)6-12/h4-8H,3H2,1-2H3,(H,19,20). The van der Waals surface area contributed by atoms with Crippen LogP contribution in [-0.2, 0) is 6.42 Å². The van der Waals surface area contributed by atoms with E-state index in [9.17, 15) is 4.79 Å². The van der Waals surface area contributed by atoms with E-state index in [0.717, 1.165) is 27.8 Å². The lowest BCUT2D eigenvalue weighted by Crippen LogP contribution is -2.12. The van der Waals surface area contributed by atoms with Gasteiger partial charge in [-0.15, -0.1) is 0 Å². The molecule has 5 heteroatoms. The Bertz CT molecular complexity index is 658. The zero-order valence-electron chi connectivity index (χ0n) is 11.2. The van der Waals surface area contributed by atoms with Crippen LogP contribution < -0.4 is 5.32 Å². The highest BCUT2D eigenvalue weighted by molar-refractivity contribution is 9.10. The highest BCUT2D eigenvalue weighted by atomic mass is 79.9. The van der Waals surface area contributed by atoms with E-state index in [1.807, 2.05) is 32.0 Å². The Balaban J connectivity index is 2.23. The number of benzene rings is 1. The van der Waals surface area contributed by atoms with Gasteiger partial charge >= 0.3 is 0 Å². The number of carbonyl (C=O) groups excluding carboxylic acids is 1. The van der Waals surface area contributed by atoms with Gasteiger partial charge in [0, 0.05) is 21.4 Å². The van der Waals surface area contributed by atoms with Gasteiger partial charge in [0.05, 0.1) is 0 Å². The molecule has 0 fully saturated rings. The van der Waals surface area contributed by atoms with Crippen LogP contribution in [0.2, 0.25) is 5.15 Å². The van der Waals surface area contributed by atoms with Gasteiger partial charge in [0.15, 0.2) is 0 Å². The van der Waals surface area contributed by atoms with Crippen molar-refractivity contribution in [2.45, 2.75) is 20.3 Å². The van der Waals surface area contributed by atoms with Gasteiger partial charge < -0.3 is 5.32 Å². The molecule has 1 aromatic heterocycles. The number of hydrogen-bond acceptors (Lipinski definition) is 2. The first-order valence-corrected chi connectivity index (χ1v) is 7.40. The second-order valence-electron chi connectivity index (χ2n) is 4.44. The van der Waals surface area contributed by atoms with E-state index in [2.05, 4.69) is 26.2 Å². The predicted molar refractivity (Wildman–Crippen MR) is 85.5 cm³/mol. The summed E-state index contributed by atoms with van der Waals surface area (Å²) in [7, 11) is 0. The van der Waals surface area contributed by atoms with Crippen molar-refractivity contribution in [2.75, 3.05) is 5.32 Å². The minimum Gasteiger partial charge on any atom is -0.322 e. The summed E-state index contributed by atoms with van der Waals surface area (Å²) in [4.78, 5) is 16.4. The van der Waals surface area contributed by atoms with Gasteiger partial charge in [-0.1, -0.05) is 34.5 Å². The fourth-order valence-corrected chi connectivity index (χ4v) is 2.26. The van der Waals surface area contributed by atoms with Gasteiger partial charge in [0.25, 0.3) is 5.91 Å². The highest BCUT2D eigenvalue weighted by Gasteiger charge is 2.09. The maximum absolute atomic E-state index is 12.2. The molecule has 0 aliphatic heterocycles. The molecule has 20 heavy (non-hydrogen) atoms. The Hall–Kier alpha value is -1.39. The number of aryl methyl sites for hydroxylation is 2. The Kier molecular flexibility index (Phi) is 4.78. The number of carbonyl (C=O) groups is 1. The lowest BCUT2D eigenvalue weighted by molar-refractivity contribution is 0.102. The van der Waals surface area contributed by atoms with Crippen molar-refractivity contribution in [3.63, 3.8) is 0 Å². The third-order valence-corrected chi connectivity index (χ3v) is 3.97. The van der Waals surface area contributed by atoms with Gasteiger partial charge in [-0.25, -0.2) is 4.98 Å². The van der Waals surface area contributed by atoms with E-state index in [-0.39, 0.29) is 5.91 Å². The minimum absolute atomic E-state index is 0.189. The van der Waals surface area contributed by atoms with E-state index in [4.69, 9.17) is 11.6 Å². The van der Waals surface area contributed by atoms with Crippen LogP contribution in [0.25, 0.3) is 0 Å². The van der Waals surface area contributed by atoms with E-state index < -0.39 is 0 Å². The number of aromatic nitrogens is 1. The molecule has 0 spiro atoms. The number of rotatable bonds is 3. The Labute approximate surface area is 131 Å². The van der Waals surface area contributed by atoms with E-state index >= 15 is 0 Å². The van der Waals surface area contributed by atoms with Crippen LogP contribution in [0.4, 0.5) is 5.69 Å². The normalized spacial score (nSPS) is 10.4. The summed E-state index contributed by atoms with van der Waals surface area (Å²) >= 11 is 9.36. The molecule has 1 N–H and O–H groups in total. The van der Waals surface area contributed by atoms with Crippen LogP contribution in [-0.4, -0.2) is 10.9 Å². The van der Waals surface area contributed by atoms with Crippen LogP contribution in [0.1, 0.15) is 28.5 Å². The quantitative estimate of drug-likeness (QED) is 0.818. The van der Waals surface area contributed by atoms with Crippen LogP contribution in [0, 0.1) is 6.92 Å². The number of anilines is 1. The highest BCUT2D eigenvalue weighted by Crippen LogP contribution is 2.21. The number of nitrogens with zero attached hydrogens (tertiary/aromatic N) is 1. The first-order chi connectivity index (χ1) is 9.49. The van der Waals surface area contributed by atoms with Crippen LogP contribution >= 0.6 is 27.5 Å². The summed E-state index contributed by atoms with van der Waals surface area (Å²) in [5.74, 6) is -0.189. The van der Waals surface area contributed by atoms with Crippen molar-refractivity contribution < 1.29 is 4.79 Å². The third-order valence-electron chi connectivity index (χ3n) is 2.89. The van der Waals surface area contributed by atoms with Crippen molar-refractivity contribution in [1.29, 1.82) is 0 Å². The molecule has 1 aromatic carbocycles. The number of hydrogen-bond donors (Lipinski definition) is 1. The molecular formula is C15H14BrClN2O. The van der Waals surface area contributed by atoms with Crippen LogP contribution in [0.15, 0.2) is 34.8 Å². The summed E-state index contributed by atoms with van der Waals surface area (Å²) in [6, 6.07) is 8.99. The van der Waals surface area contributed by atoms with E-state index in [1.54, 1.807) is 12.1 Å². The molecule has 0 aliphatic rings. The first-order valence-electron chi connectivity index (χ1n) is 6.23. The van der Waals surface area contributed by atoms with E-state index in [1.165, 1.54) is 0 Å². The summed E-state index contributed by atoms with van der Waals surface area (Å²) in [6.45, 7) is 3.94. The second-order valence-corrected chi connectivity index (χ2v) is 5.68. The van der Waals surface area contributed by atoms with Crippen molar-refractivity contribution in [3.8, 4) is 0 Å². The molecule has 2 rings (SSSR count). The van der Waals surface area contributed by atoms with Crippen LogP contribution in [0.3, 0.4) is 0 Å². The molecule has 0 radical (unpaired) electrons. The van der Waals surface area contributed by atoms with Crippen molar-refractivity contribution in [3.05, 3.63) is 56.8 Å². The Morgan fingerprint density at radius 3 is 2.75 bits per heavy atom. The second kappa shape index (κ2) is 6.37. The monoisotopic (exact) mass is 352 g/mol. The van der Waals surface area contributed by atoms with Crippen molar-refractivity contribution in [2.24, 2.45) is 0 Å². The van der Waals surface area contributed by atoms with Crippen LogP contribution in [0.5, 0.6) is 0 Å². The Morgan fingerprint density at radius 1 is 1.35 bits per heavy atom. The van der Waals surface area contributed by atoms with E-state index in [0.29, 0.717) is 10.7 Å². The zero-order chi connectivity index (χ0) is 14.7. The fourth-order valence-electron chi connectivity index (χ4n) is 1.79. The SMILES string of the molecule is CCc1cc(C(=O)Nc2ccc(Br)c(C)c2)cc(Cl)n1.